The predicted octanol–water partition coefficient (Wildman–Crippen LogP) is 0.346. The van der Waals surface area contributed by atoms with E-state index in [1.165, 1.54) is 0 Å². The molecule has 110 valence electrons. The minimum atomic E-state index is -1.38. The Hall–Kier alpha value is -2.18. The van der Waals surface area contributed by atoms with E-state index in [-0.39, 0.29) is 30.0 Å². The predicted molar refractivity (Wildman–Crippen MR) is 67.9 cm³/mol. The third kappa shape index (κ3) is 4.18. The van der Waals surface area contributed by atoms with Gasteiger partial charge in [-0.15, -0.1) is 0 Å². The Labute approximate surface area is 115 Å². The van der Waals surface area contributed by atoms with Gasteiger partial charge in [0, 0.05) is 19.0 Å². The molecule has 0 saturated heterocycles. The lowest BCUT2D eigenvalue weighted by atomic mass is 9.74. The molecule has 7 heteroatoms. The van der Waals surface area contributed by atoms with Gasteiger partial charge in [-0.05, 0) is 5.41 Å². The lowest BCUT2D eigenvalue weighted by Gasteiger charge is -2.28. The molecule has 1 unspecified atom stereocenters. The lowest BCUT2D eigenvalue weighted by Crippen LogP contribution is -2.38. The van der Waals surface area contributed by atoms with Crippen LogP contribution in [0.2, 0.25) is 0 Å². The van der Waals surface area contributed by atoms with E-state index < -0.39 is 29.8 Å². The molecule has 0 aromatic rings. The van der Waals surface area contributed by atoms with E-state index in [0.717, 1.165) is 6.20 Å². The second-order valence-corrected chi connectivity index (χ2v) is 5.58. The summed E-state index contributed by atoms with van der Waals surface area (Å²) in [5.41, 5.74) is -0.500. The number of allylic oxidation sites excluding steroid dienone is 1. The first-order valence-corrected chi connectivity index (χ1v) is 6.09. The maximum absolute atomic E-state index is 11.8. The third-order valence-corrected chi connectivity index (χ3v) is 2.98. The van der Waals surface area contributed by atoms with Crippen LogP contribution >= 0.6 is 0 Å². The fraction of sp³-hybridized carbons (Fsp3) is 0.538. The van der Waals surface area contributed by atoms with Gasteiger partial charge in [0.1, 0.15) is 6.04 Å². The smallest absolute Gasteiger partial charge is 0.326 e. The standard InChI is InChI=1S/C13H17NO6/c1-13(2)4-9(15)7(10(16)5-13)6-14-8(12(19)20)3-11(17)18/h6,8,14H,3-5H2,1-2H3,(H,17,18)(H,19,20). The zero-order valence-electron chi connectivity index (χ0n) is 11.3. The second-order valence-electron chi connectivity index (χ2n) is 5.58. The molecule has 0 aliphatic heterocycles. The van der Waals surface area contributed by atoms with Crippen LogP contribution in [0.3, 0.4) is 0 Å². The van der Waals surface area contributed by atoms with Gasteiger partial charge in [-0.1, -0.05) is 13.8 Å². The van der Waals surface area contributed by atoms with E-state index in [0.29, 0.717) is 0 Å². The fourth-order valence-electron chi connectivity index (χ4n) is 2.01. The quantitative estimate of drug-likeness (QED) is 0.491. The second kappa shape index (κ2) is 5.85. The molecule has 0 spiro atoms. The highest BCUT2D eigenvalue weighted by Crippen LogP contribution is 2.33. The van der Waals surface area contributed by atoms with Crippen molar-refractivity contribution in [3.8, 4) is 0 Å². The molecule has 0 aromatic carbocycles. The first kappa shape index (κ1) is 15.9. The minimum absolute atomic E-state index is 0.0963. The monoisotopic (exact) mass is 283 g/mol. The van der Waals surface area contributed by atoms with Crippen LogP contribution in [-0.2, 0) is 19.2 Å². The first-order valence-electron chi connectivity index (χ1n) is 6.09. The Kier molecular flexibility index (Phi) is 4.65. The number of nitrogens with one attached hydrogen (secondary N) is 1. The number of carbonyl (C=O) groups is 4. The average Bonchev–Trinajstić information content (AvgIpc) is 2.23. The molecule has 1 saturated carbocycles. The number of rotatable bonds is 5. The third-order valence-electron chi connectivity index (χ3n) is 2.98. The summed E-state index contributed by atoms with van der Waals surface area (Å²) in [6.45, 7) is 3.61. The van der Waals surface area contributed by atoms with Crippen molar-refractivity contribution < 1.29 is 29.4 Å². The zero-order chi connectivity index (χ0) is 15.5. The summed E-state index contributed by atoms with van der Waals surface area (Å²) < 4.78 is 0. The molecule has 0 amide bonds. The van der Waals surface area contributed by atoms with Gasteiger partial charge in [-0.25, -0.2) is 4.79 Å². The Morgan fingerprint density at radius 3 is 2.15 bits per heavy atom. The van der Waals surface area contributed by atoms with Crippen LogP contribution in [-0.4, -0.2) is 39.8 Å². The van der Waals surface area contributed by atoms with E-state index in [1.54, 1.807) is 13.8 Å². The van der Waals surface area contributed by atoms with Crippen molar-refractivity contribution in [1.29, 1.82) is 0 Å². The Bertz CT molecular complexity index is 469. The van der Waals surface area contributed by atoms with Gasteiger partial charge < -0.3 is 15.5 Å². The molecule has 1 fully saturated rings. The number of Topliss-reactive ketones (excluding diaryl/α,β-unsaturated/α-hetero) is 2. The molecule has 0 aromatic heterocycles. The Morgan fingerprint density at radius 2 is 1.75 bits per heavy atom. The highest BCUT2D eigenvalue weighted by molar-refractivity contribution is 6.22. The summed E-state index contributed by atoms with van der Waals surface area (Å²) in [7, 11) is 0. The fourth-order valence-corrected chi connectivity index (χ4v) is 2.01. The molecule has 1 aliphatic rings. The zero-order valence-corrected chi connectivity index (χ0v) is 11.3. The molecule has 7 nitrogen and oxygen atoms in total. The van der Waals surface area contributed by atoms with Crippen LogP contribution in [0.4, 0.5) is 0 Å². The molecular weight excluding hydrogens is 266 g/mol. The normalized spacial score (nSPS) is 19.4. The highest BCUT2D eigenvalue weighted by Gasteiger charge is 2.35. The van der Waals surface area contributed by atoms with E-state index in [2.05, 4.69) is 5.32 Å². The van der Waals surface area contributed by atoms with Gasteiger partial charge >= 0.3 is 11.9 Å². The molecule has 20 heavy (non-hydrogen) atoms. The number of carboxylic acid groups (broad SMARTS) is 2. The van der Waals surface area contributed by atoms with Crippen molar-refractivity contribution in [1.82, 2.24) is 5.32 Å². The Balaban J connectivity index is 2.83. The number of carboxylic acids is 2. The summed E-state index contributed by atoms with van der Waals surface area (Å²) >= 11 is 0. The molecule has 0 radical (unpaired) electrons. The maximum atomic E-state index is 11.8. The van der Waals surface area contributed by atoms with E-state index in [4.69, 9.17) is 10.2 Å². The minimum Gasteiger partial charge on any atom is -0.481 e. The number of carbonyl (C=O) groups excluding carboxylic acids is 2. The van der Waals surface area contributed by atoms with Crippen LogP contribution in [0.15, 0.2) is 11.8 Å². The summed E-state index contributed by atoms with van der Waals surface area (Å²) in [6.07, 6.45) is 0.778. The molecule has 1 aliphatic carbocycles. The molecule has 1 atom stereocenters. The summed E-state index contributed by atoms with van der Waals surface area (Å²) in [5.74, 6) is -3.37. The number of aliphatic carboxylic acids is 2. The van der Waals surface area contributed by atoms with Crippen molar-refractivity contribution in [2.75, 3.05) is 0 Å². The molecular formula is C13H17NO6. The van der Waals surface area contributed by atoms with Gasteiger partial charge in [0.2, 0.25) is 0 Å². The molecule has 1 rings (SSSR count). The molecule has 0 bridgehead atoms. The van der Waals surface area contributed by atoms with Crippen LogP contribution in [0.25, 0.3) is 0 Å². The molecule has 0 heterocycles. The van der Waals surface area contributed by atoms with Gasteiger partial charge in [-0.2, -0.15) is 0 Å². The highest BCUT2D eigenvalue weighted by atomic mass is 16.4. The van der Waals surface area contributed by atoms with Crippen molar-refractivity contribution >= 4 is 23.5 Å². The van der Waals surface area contributed by atoms with Gasteiger partial charge in [-0.3, -0.25) is 14.4 Å². The maximum Gasteiger partial charge on any atom is 0.326 e. The van der Waals surface area contributed by atoms with Crippen molar-refractivity contribution in [3.63, 3.8) is 0 Å². The Morgan fingerprint density at radius 1 is 1.25 bits per heavy atom. The topological polar surface area (TPSA) is 121 Å². The average molecular weight is 283 g/mol. The summed E-state index contributed by atoms with van der Waals surface area (Å²) in [5, 5.41) is 19.8. The van der Waals surface area contributed by atoms with Crippen LogP contribution in [0, 0.1) is 5.41 Å². The summed E-state index contributed by atoms with van der Waals surface area (Å²) in [4.78, 5) is 45.0. The molecule has 3 N–H and O–H groups in total. The SMILES string of the molecule is CC1(C)CC(=O)C(=CNC(CC(=O)O)C(=O)O)C(=O)C1. The van der Waals surface area contributed by atoms with Crippen molar-refractivity contribution in [2.45, 2.75) is 39.2 Å². The van der Waals surface area contributed by atoms with Crippen LogP contribution in [0.5, 0.6) is 0 Å². The first-order chi connectivity index (χ1) is 9.12. The number of hydrogen-bond acceptors (Lipinski definition) is 5. The van der Waals surface area contributed by atoms with Crippen LogP contribution in [0.1, 0.15) is 33.1 Å². The van der Waals surface area contributed by atoms with Gasteiger partial charge in [0.25, 0.3) is 0 Å². The number of ketones is 2. The van der Waals surface area contributed by atoms with Crippen molar-refractivity contribution in [3.05, 3.63) is 11.8 Å². The van der Waals surface area contributed by atoms with E-state index in [1.807, 2.05) is 0 Å². The van der Waals surface area contributed by atoms with Crippen LogP contribution < -0.4 is 5.32 Å². The van der Waals surface area contributed by atoms with E-state index >= 15 is 0 Å². The van der Waals surface area contributed by atoms with E-state index in [9.17, 15) is 19.2 Å². The summed E-state index contributed by atoms with van der Waals surface area (Å²) in [6, 6.07) is -1.38. The van der Waals surface area contributed by atoms with Gasteiger partial charge in [0.15, 0.2) is 11.6 Å². The van der Waals surface area contributed by atoms with Gasteiger partial charge in [0.05, 0.1) is 12.0 Å². The largest absolute Gasteiger partial charge is 0.481 e. The lowest BCUT2D eigenvalue weighted by molar-refractivity contribution is -0.145. The number of hydrogen-bond donors (Lipinski definition) is 3. The van der Waals surface area contributed by atoms with Crippen molar-refractivity contribution in [2.24, 2.45) is 5.41 Å².